The van der Waals surface area contributed by atoms with Crippen LogP contribution in [0.2, 0.25) is 0 Å². The first-order chi connectivity index (χ1) is 5.15. The number of hydrogen-bond donors (Lipinski definition) is 0. The molecule has 78 valence electrons. The van der Waals surface area contributed by atoms with E-state index in [2.05, 4.69) is 87.6 Å². The average molecular weight is 547 g/mol. The molecule has 0 aliphatic rings. The molecular weight excluding hydrogens is 528 g/mol. The Hall–Kier alpha value is 2.77. The third-order valence-electron chi connectivity index (χ3n) is 0. The van der Waals surface area contributed by atoms with Gasteiger partial charge in [0.1, 0.15) is 0 Å². The van der Waals surface area contributed by atoms with Crippen LogP contribution in [0.3, 0.4) is 0 Å². The number of rotatable bonds is 0. The Bertz CT molecular complexity index is 60.4. The summed E-state index contributed by atoms with van der Waals surface area (Å²) in [7, 11) is 0. The molecule has 0 spiro atoms. The first-order valence-corrected chi connectivity index (χ1v) is 17.2. The molecule has 0 aliphatic heterocycles. The summed E-state index contributed by atoms with van der Waals surface area (Å²) in [5.41, 5.74) is 0.500. The van der Waals surface area contributed by atoms with Crippen molar-refractivity contribution in [3.63, 3.8) is 0 Å². The number of hydrogen-bond acceptors (Lipinski definition) is 0. The van der Waals surface area contributed by atoms with Crippen molar-refractivity contribution in [3.8, 4) is 0 Å². The Kier molecular flexibility index (Phi) is 23.2. The van der Waals surface area contributed by atoms with Crippen LogP contribution in [0.1, 0.15) is 41.5 Å². The zero-order valence-electron chi connectivity index (χ0n) is 8.66. The summed E-state index contributed by atoms with van der Waals surface area (Å²) < 4.78 is 0. The van der Waals surface area contributed by atoms with Gasteiger partial charge in [-0.2, -0.15) is 13.8 Å². The fourth-order valence-corrected chi connectivity index (χ4v) is 0. The molecule has 0 saturated carbocycles. The summed E-state index contributed by atoms with van der Waals surface area (Å²) in [6.45, 7) is 12.8. The van der Waals surface area contributed by atoms with E-state index in [0.717, 1.165) is 0 Å². The van der Waals surface area contributed by atoms with E-state index < -0.39 is 0 Å². The van der Waals surface area contributed by atoms with E-state index in [0.29, 0.717) is 5.41 Å². The maximum atomic E-state index is 2.46. The Labute approximate surface area is 116 Å². The van der Waals surface area contributed by atoms with Gasteiger partial charge in [0.2, 0.25) is 0 Å². The third-order valence-corrected chi connectivity index (χ3v) is 0. The molecule has 0 nitrogen and oxygen atoms in total. The van der Waals surface area contributed by atoms with E-state index in [1.165, 1.54) is 0 Å². The predicted octanol–water partition coefficient (Wildman–Crippen LogP) is 5.94. The molecule has 0 aromatic rings. The Morgan fingerprint density at radius 1 is 0.917 bits per heavy atom. The minimum absolute atomic E-state index is 0.278. The molecule has 0 aliphatic carbocycles. The van der Waals surface area contributed by atoms with Gasteiger partial charge in [0.25, 0.3) is 0 Å². The SMILES string of the molecule is CC(C)(C)C.C[CH-]C.[I][V]([I])[I]. The van der Waals surface area contributed by atoms with Gasteiger partial charge in [-0.25, -0.2) is 0 Å². The Balaban J connectivity index is -0.000000105. The van der Waals surface area contributed by atoms with Crippen LogP contribution in [0, 0.1) is 11.8 Å². The molecule has 4 heteroatoms. The second kappa shape index (κ2) is 13.8. The van der Waals surface area contributed by atoms with Crippen molar-refractivity contribution in [1.82, 2.24) is 0 Å². The summed E-state index contributed by atoms with van der Waals surface area (Å²) in [5, 5.41) is 0. The van der Waals surface area contributed by atoms with Crippen molar-refractivity contribution in [3.05, 3.63) is 6.42 Å². The number of halogens is 3. The molecule has 0 atom stereocenters. The van der Waals surface area contributed by atoms with Crippen LogP contribution in [0.5, 0.6) is 0 Å². The molecule has 0 bridgehead atoms. The molecule has 0 fully saturated rings. The van der Waals surface area contributed by atoms with Crippen LogP contribution >= 0.6 is 59.9 Å². The first kappa shape index (κ1) is 20.2. The summed E-state index contributed by atoms with van der Waals surface area (Å²) in [6, 6.07) is 0. The van der Waals surface area contributed by atoms with Crippen LogP contribution < -0.4 is 0 Å². The molecule has 0 heterocycles. The van der Waals surface area contributed by atoms with Gasteiger partial charge in [-0.05, 0) is 5.41 Å². The van der Waals surface area contributed by atoms with Gasteiger partial charge < -0.3 is 6.42 Å². The van der Waals surface area contributed by atoms with Crippen molar-refractivity contribution >= 4 is 59.9 Å². The molecule has 0 unspecified atom stereocenters. The summed E-state index contributed by atoms with van der Waals surface area (Å²) in [4.78, 5) is -0.278. The van der Waals surface area contributed by atoms with Gasteiger partial charge in [0.15, 0.2) is 0 Å². The van der Waals surface area contributed by atoms with E-state index in [1.54, 1.807) is 0 Å². The Morgan fingerprint density at radius 3 is 0.917 bits per heavy atom. The molecule has 0 aromatic carbocycles. The van der Waals surface area contributed by atoms with Crippen molar-refractivity contribution in [2.45, 2.75) is 41.5 Å². The van der Waals surface area contributed by atoms with E-state index in [1.807, 2.05) is 20.3 Å². The third kappa shape index (κ3) is 230. The van der Waals surface area contributed by atoms with Gasteiger partial charge in [0, 0.05) is 0 Å². The summed E-state index contributed by atoms with van der Waals surface area (Å²) in [6.07, 6.45) is 2.00. The molecular formula is C8H19I3V-. The second-order valence-electron chi connectivity index (χ2n) is 3.77. The first-order valence-electron chi connectivity index (χ1n) is 3.66. The van der Waals surface area contributed by atoms with E-state index in [-0.39, 0.29) is 4.92 Å². The fraction of sp³-hybridized carbons (Fsp3) is 0.875. The molecule has 0 saturated heterocycles. The van der Waals surface area contributed by atoms with Gasteiger partial charge in [-0.3, -0.25) is 0 Å². The molecule has 0 N–H and O–H groups in total. The predicted molar refractivity (Wildman–Crippen MR) is 82.8 cm³/mol. The fourth-order valence-electron chi connectivity index (χ4n) is 0. The second-order valence-corrected chi connectivity index (χ2v) is 39.1. The minimum atomic E-state index is -0.278. The Morgan fingerprint density at radius 2 is 0.917 bits per heavy atom. The zero-order chi connectivity index (χ0) is 10.8. The van der Waals surface area contributed by atoms with Crippen molar-refractivity contribution in [2.75, 3.05) is 0 Å². The average Bonchev–Trinajstić information content (AvgIpc) is 1.56. The van der Waals surface area contributed by atoms with E-state index in [4.69, 9.17) is 0 Å². The molecule has 12 heavy (non-hydrogen) atoms. The van der Waals surface area contributed by atoms with Gasteiger partial charge in [-0.1, -0.05) is 27.7 Å². The van der Waals surface area contributed by atoms with Crippen molar-refractivity contribution in [1.29, 1.82) is 0 Å². The summed E-state index contributed by atoms with van der Waals surface area (Å²) >= 11 is 7.39. The zero-order valence-corrected chi connectivity index (χ0v) is 16.5. The van der Waals surface area contributed by atoms with Crippen LogP contribution in [-0.4, -0.2) is 0 Å². The van der Waals surface area contributed by atoms with Crippen LogP contribution in [-0.2, 0) is 4.92 Å². The van der Waals surface area contributed by atoms with E-state index >= 15 is 0 Å². The van der Waals surface area contributed by atoms with Gasteiger partial charge >= 0.3 is 64.9 Å². The molecule has 0 radical (unpaired) electrons. The molecule has 0 amide bonds. The van der Waals surface area contributed by atoms with Crippen molar-refractivity contribution in [2.24, 2.45) is 5.41 Å². The van der Waals surface area contributed by atoms with Crippen LogP contribution in [0.4, 0.5) is 0 Å². The van der Waals surface area contributed by atoms with Gasteiger partial charge in [0.05, 0.1) is 0 Å². The van der Waals surface area contributed by atoms with Crippen molar-refractivity contribution < 1.29 is 4.92 Å². The summed E-state index contributed by atoms with van der Waals surface area (Å²) in [5.74, 6) is 0. The molecule has 0 aromatic heterocycles. The quantitative estimate of drug-likeness (QED) is 0.261. The standard InChI is InChI=1S/C5H12.C3H7.3HI.V/c1-5(2,3)4;1-3-2;;;;/h1-4H3;3H,1-2H3;3*1H;/q;-1;;;;+3/p-3. The topological polar surface area (TPSA) is 0 Å². The van der Waals surface area contributed by atoms with Crippen LogP contribution in [0.15, 0.2) is 0 Å². The normalized spacial score (nSPS) is 9.50. The van der Waals surface area contributed by atoms with Crippen LogP contribution in [0.25, 0.3) is 0 Å². The van der Waals surface area contributed by atoms with Gasteiger partial charge in [-0.15, -0.1) is 0 Å². The maximum absolute atomic E-state index is 2.46. The molecule has 0 rings (SSSR count). The van der Waals surface area contributed by atoms with E-state index in [9.17, 15) is 0 Å². The monoisotopic (exact) mass is 547 g/mol.